The quantitative estimate of drug-likeness (QED) is 0.223. The SMILES string of the molecule is CN(C)[n+]1cc(/N=C(\[O-])CSC2=N/C(=C\c3c(F)cccc3Cl)C(=O)N2c2ccccc2)on1. The number of aliphatic imine (C=N–C) groups is 2. The van der Waals surface area contributed by atoms with Gasteiger partial charge in [0.15, 0.2) is 5.17 Å². The molecule has 1 aliphatic rings. The predicted molar refractivity (Wildman–Crippen MR) is 127 cm³/mol. The number of halogens is 2. The topological polar surface area (TPSA) is 101 Å². The molecule has 0 atom stereocenters. The second-order valence-corrected chi connectivity index (χ2v) is 8.49. The van der Waals surface area contributed by atoms with Crippen molar-refractivity contribution in [3.05, 3.63) is 76.8 Å². The van der Waals surface area contributed by atoms with Crippen LogP contribution in [0.5, 0.6) is 0 Å². The first kappa shape index (κ1) is 23.5. The predicted octanol–water partition coefficient (Wildman–Crippen LogP) is 2.52. The third-order valence-corrected chi connectivity index (χ3v) is 5.79. The molecule has 34 heavy (non-hydrogen) atoms. The number of hydrogen-bond donors (Lipinski definition) is 0. The van der Waals surface area contributed by atoms with Crippen molar-refractivity contribution in [1.29, 1.82) is 0 Å². The van der Waals surface area contributed by atoms with Crippen LogP contribution in [-0.2, 0) is 4.79 Å². The van der Waals surface area contributed by atoms with Crippen molar-refractivity contribution < 1.29 is 23.6 Å². The number of para-hydroxylation sites is 1. The summed E-state index contributed by atoms with van der Waals surface area (Å²) in [5.41, 5.74) is 0.597. The minimum absolute atomic E-state index is 0.00926. The molecule has 0 saturated carbocycles. The zero-order valence-corrected chi connectivity index (χ0v) is 19.6. The van der Waals surface area contributed by atoms with Crippen LogP contribution in [0, 0.1) is 5.82 Å². The molecule has 2 heterocycles. The maximum Gasteiger partial charge on any atom is 0.324 e. The molecular weight excluding hydrogens is 483 g/mol. The number of nitrogens with zero attached hydrogens (tertiary/aromatic N) is 6. The fourth-order valence-electron chi connectivity index (χ4n) is 2.93. The van der Waals surface area contributed by atoms with Gasteiger partial charge >= 0.3 is 5.88 Å². The summed E-state index contributed by atoms with van der Waals surface area (Å²) >= 11 is 7.13. The average Bonchev–Trinajstić information content (AvgIpc) is 3.40. The highest BCUT2D eigenvalue weighted by molar-refractivity contribution is 8.14. The second-order valence-electron chi connectivity index (χ2n) is 7.14. The molecule has 1 amide bonds. The monoisotopic (exact) mass is 500 g/mol. The Hall–Kier alpha value is -3.70. The van der Waals surface area contributed by atoms with Gasteiger partial charge in [-0.3, -0.25) is 14.2 Å². The molecule has 4 rings (SSSR count). The maximum atomic E-state index is 14.3. The van der Waals surface area contributed by atoms with Crippen molar-refractivity contribution >= 4 is 58.0 Å². The highest BCUT2D eigenvalue weighted by Gasteiger charge is 2.32. The number of anilines is 1. The van der Waals surface area contributed by atoms with Gasteiger partial charge in [-0.05, 0) is 36.2 Å². The minimum atomic E-state index is -0.577. The van der Waals surface area contributed by atoms with Crippen LogP contribution in [0.1, 0.15) is 5.56 Å². The average molecular weight is 501 g/mol. The number of hydrogen-bond acceptors (Lipinski definition) is 8. The third kappa shape index (κ3) is 5.10. The van der Waals surface area contributed by atoms with E-state index in [4.69, 9.17) is 16.1 Å². The van der Waals surface area contributed by atoms with Gasteiger partial charge in [0.1, 0.15) is 11.5 Å². The van der Waals surface area contributed by atoms with Crippen LogP contribution >= 0.6 is 23.4 Å². The Morgan fingerprint density at radius 3 is 2.74 bits per heavy atom. The molecule has 3 aromatic rings. The van der Waals surface area contributed by atoms with E-state index in [1.54, 1.807) is 43.4 Å². The fourth-order valence-corrected chi connectivity index (χ4v) is 3.95. The molecule has 1 aromatic heterocycles. The summed E-state index contributed by atoms with van der Waals surface area (Å²) in [6.45, 7) is 0. The zero-order chi connectivity index (χ0) is 24.2. The maximum absolute atomic E-state index is 14.3. The van der Waals surface area contributed by atoms with Gasteiger partial charge in [0.05, 0.1) is 29.6 Å². The molecule has 174 valence electrons. The van der Waals surface area contributed by atoms with Gasteiger partial charge in [-0.15, -0.1) is 0 Å². The molecule has 0 N–H and O–H groups in total. The number of carbonyl (C=O) groups is 1. The first-order chi connectivity index (χ1) is 16.3. The third-order valence-electron chi connectivity index (χ3n) is 4.54. The number of aromatic nitrogens is 2. The Bertz CT molecular complexity index is 1290. The Morgan fingerprint density at radius 2 is 2.06 bits per heavy atom. The highest BCUT2D eigenvalue weighted by atomic mass is 35.5. The van der Waals surface area contributed by atoms with Crippen LogP contribution in [0.3, 0.4) is 0 Å². The fraction of sp³-hybridized carbons (Fsp3) is 0.136. The largest absolute Gasteiger partial charge is 0.861 e. The Balaban J connectivity index is 1.61. The Labute approximate surface area is 203 Å². The van der Waals surface area contributed by atoms with Gasteiger partial charge in [0.25, 0.3) is 12.1 Å². The van der Waals surface area contributed by atoms with Gasteiger partial charge in [-0.25, -0.2) is 14.4 Å². The summed E-state index contributed by atoms with van der Waals surface area (Å²) in [4.78, 5) is 24.1. The standard InChI is InChI=1S/C22H18ClFN6O3S/c1-28(2)29-12-20(33-27-29)26-19(31)13-34-22-25-18(11-15-16(23)9-6-10-17(15)24)21(32)30(22)14-7-4-3-5-8-14/h3-12H,13H2,1-2H3/b18-11-. The molecule has 2 aromatic carbocycles. The van der Waals surface area contributed by atoms with Crippen molar-refractivity contribution in [1.82, 2.24) is 5.27 Å². The lowest BCUT2D eigenvalue weighted by Crippen LogP contribution is -2.53. The van der Waals surface area contributed by atoms with Gasteiger partial charge < -0.3 is 5.11 Å². The van der Waals surface area contributed by atoms with E-state index in [0.29, 0.717) is 5.69 Å². The van der Waals surface area contributed by atoms with Crippen LogP contribution in [0.15, 0.2) is 74.9 Å². The first-order valence-corrected chi connectivity index (χ1v) is 11.3. The number of benzene rings is 2. The smallest absolute Gasteiger partial charge is 0.324 e. The van der Waals surface area contributed by atoms with E-state index < -0.39 is 17.6 Å². The van der Waals surface area contributed by atoms with Gasteiger partial charge in [0.2, 0.25) is 5.27 Å². The normalized spacial score (nSPS) is 15.2. The van der Waals surface area contributed by atoms with E-state index in [1.807, 2.05) is 6.07 Å². The van der Waals surface area contributed by atoms with Crippen LogP contribution in [0.2, 0.25) is 5.02 Å². The van der Waals surface area contributed by atoms with E-state index in [9.17, 15) is 14.3 Å². The molecule has 0 saturated heterocycles. The van der Waals surface area contributed by atoms with Crippen molar-refractivity contribution in [3.8, 4) is 0 Å². The van der Waals surface area contributed by atoms with E-state index in [-0.39, 0.29) is 33.1 Å². The van der Waals surface area contributed by atoms with Gasteiger partial charge in [0, 0.05) is 11.3 Å². The van der Waals surface area contributed by atoms with Crippen molar-refractivity contribution in [2.75, 3.05) is 29.8 Å². The Morgan fingerprint density at radius 1 is 1.29 bits per heavy atom. The van der Waals surface area contributed by atoms with E-state index >= 15 is 0 Å². The molecule has 0 aliphatic carbocycles. The van der Waals surface area contributed by atoms with Crippen LogP contribution in [-0.4, -0.2) is 42.1 Å². The highest BCUT2D eigenvalue weighted by Crippen LogP contribution is 2.31. The molecule has 12 heteroatoms. The number of amidine groups is 1. The summed E-state index contributed by atoms with van der Waals surface area (Å²) < 4.78 is 19.3. The summed E-state index contributed by atoms with van der Waals surface area (Å²) in [5.74, 6) is -1.64. The minimum Gasteiger partial charge on any atom is -0.861 e. The molecular formula is C22H18ClFN6O3S. The molecule has 9 nitrogen and oxygen atoms in total. The lowest BCUT2D eigenvalue weighted by molar-refractivity contribution is -0.753. The van der Waals surface area contributed by atoms with Crippen molar-refractivity contribution in [3.63, 3.8) is 0 Å². The summed E-state index contributed by atoms with van der Waals surface area (Å²) in [5, 5.41) is 18.2. The number of rotatable bonds is 6. The molecule has 1 aliphatic heterocycles. The van der Waals surface area contributed by atoms with Crippen molar-refractivity contribution in [2.24, 2.45) is 9.98 Å². The van der Waals surface area contributed by atoms with E-state index in [2.05, 4.69) is 15.3 Å². The number of carbonyl (C=O) groups excluding carboxylic acids is 1. The van der Waals surface area contributed by atoms with Gasteiger partial charge in [-0.1, -0.05) is 47.6 Å². The van der Waals surface area contributed by atoms with Crippen LogP contribution < -0.4 is 19.8 Å². The van der Waals surface area contributed by atoms with Crippen LogP contribution in [0.4, 0.5) is 16.0 Å². The first-order valence-electron chi connectivity index (χ1n) is 9.91. The molecule has 0 fully saturated rings. The number of amides is 1. The summed E-state index contributed by atoms with van der Waals surface area (Å²) in [7, 11) is 3.49. The molecule has 0 unspecified atom stereocenters. The Kier molecular flexibility index (Phi) is 6.94. The summed E-state index contributed by atoms with van der Waals surface area (Å²) in [6, 6.07) is 13.0. The number of thioether (sulfide) groups is 1. The molecule has 0 radical (unpaired) electrons. The molecule has 0 spiro atoms. The zero-order valence-electron chi connectivity index (χ0n) is 18.1. The lowest BCUT2D eigenvalue weighted by Gasteiger charge is -2.18. The van der Waals surface area contributed by atoms with Crippen molar-refractivity contribution in [2.45, 2.75) is 0 Å². The van der Waals surface area contributed by atoms with Gasteiger partial charge in [-0.2, -0.15) is 5.01 Å². The van der Waals surface area contributed by atoms with E-state index in [1.165, 1.54) is 40.2 Å². The summed E-state index contributed by atoms with van der Waals surface area (Å²) in [6.07, 6.45) is 2.75. The van der Waals surface area contributed by atoms with Crippen LogP contribution in [0.25, 0.3) is 6.08 Å². The molecule has 0 bridgehead atoms. The van der Waals surface area contributed by atoms with E-state index in [0.717, 1.165) is 11.8 Å². The second kappa shape index (κ2) is 10.1. The lowest BCUT2D eigenvalue weighted by atomic mass is 10.1.